The molecule has 4 nitrogen and oxygen atoms in total. The molecule has 0 aromatic carbocycles. The first-order valence-electron chi connectivity index (χ1n) is 6.89. The van der Waals surface area contributed by atoms with Crippen LogP contribution in [0.3, 0.4) is 0 Å². The van der Waals surface area contributed by atoms with Crippen molar-refractivity contribution < 1.29 is 36.3 Å². The van der Waals surface area contributed by atoms with E-state index in [9.17, 15) is 31.5 Å². The molecule has 0 aromatic heterocycles. The van der Waals surface area contributed by atoms with Crippen LogP contribution in [0, 0.1) is 0 Å². The number of unbranched alkanes of at least 4 members (excludes halogenated alkanes) is 4. The van der Waals surface area contributed by atoms with Crippen LogP contribution in [0.25, 0.3) is 0 Å². The Morgan fingerprint density at radius 1 is 1.00 bits per heavy atom. The maximum absolute atomic E-state index is 12.8. The Bertz CT molecular complexity index is 371. The Hall–Kier alpha value is -1.41. The van der Waals surface area contributed by atoms with E-state index < -0.39 is 30.5 Å². The SMILES string of the molecule is CCCCCCCOC(=O)CN(C)C(=O)C(F)(F)C(F)(F)F. The Labute approximate surface area is 125 Å². The molecule has 0 saturated carbocycles. The molecular weight excluding hydrogens is 313 g/mol. The van der Waals surface area contributed by atoms with Crippen LogP contribution in [0.4, 0.5) is 22.0 Å². The summed E-state index contributed by atoms with van der Waals surface area (Å²) in [6.45, 7) is 1.11. The lowest BCUT2D eigenvalue weighted by atomic mass is 10.2. The monoisotopic (exact) mass is 333 g/mol. The summed E-state index contributed by atoms with van der Waals surface area (Å²) in [7, 11) is 0.685. The highest BCUT2D eigenvalue weighted by Crippen LogP contribution is 2.36. The van der Waals surface area contributed by atoms with E-state index in [1.807, 2.05) is 6.92 Å². The van der Waals surface area contributed by atoms with Gasteiger partial charge < -0.3 is 9.64 Å². The molecule has 0 fully saturated rings. The Morgan fingerprint density at radius 2 is 1.55 bits per heavy atom. The van der Waals surface area contributed by atoms with Gasteiger partial charge in [-0.3, -0.25) is 9.59 Å². The van der Waals surface area contributed by atoms with Gasteiger partial charge in [0.15, 0.2) is 0 Å². The lowest BCUT2D eigenvalue weighted by Gasteiger charge is -2.24. The van der Waals surface area contributed by atoms with Crippen molar-refractivity contribution in [3.63, 3.8) is 0 Å². The number of hydrogen-bond acceptors (Lipinski definition) is 3. The van der Waals surface area contributed by atoms with Crippen LogP contribution in [0.2, 0.25) is 0 Å². The van der Waals surface area contributed by atoms with E-state index in [4.69, 9.17) is 0 Å². The summed E-state index contributed by atoms with van der Waals surface area (Å²) in [4.78, 5) is 22.3. The van der Waals surface area contributed by atoms with Crippen molar-refractivity contribution >= 4 is 11.9 Å². The first-order chi connectivity index (χ1) is 10.0. The third-order valence-electron chi connectivity index (χ3n) is 2.85. The van der Waals surface area contributed by atoms with Gasteiger partial charge in [0, 0.05) is 7.05 Å². The van der Waals surface area contributed by atoms with Gasteiger partial charge in [-0.05, 0) is 6.42 Å². The van der Waals surface area contributed by atoms with Crippen LogP contribution in [0.5, 0.6) is 0 Å². The number of hydrogen-bond donors (Lipinski definition) is 0. The Kier molecular flexibility index (Phi) is 8.32. The predicted molar refractivity (Wildman–Crippen MR) is 68.4 cm³/mol. The molecule has 0 rings (SSSR count). The third-order valence-corrected chi connectivity index (χ3v) is 2.85. The van der Waals surface area contributed by atoms with Crippen molar-refractivity contribution in [3.8, 4) is 0 Å². The van der Waals surface area contributed by atoms with E-state index in [2.05, 4.69) is 4.74 Å². The molecule has 0 bridgehead atoms. The molecule has 0 radical (unpaired) electrons. The van der Waals surface area contributed by atoms with Crippen LogP contribution in [-0.4, -0.2) is 49.1 Å². The van der Waals surface area contributed by atoms with E-state index in [-0.39, 0.29) is 11.5 Å². The molecule has 0 spiro atoms. The quantitative estimate of drug-likeness (QED) is 0.370. The van der Waals surface area contributed by atoms with E-state index in [0.717, 1.165) is 25.7 Å². The molecule has 130 valence electrons. The summed E-state index contributed by atoms with van der Waals surface area (Å²) in [5, 5.41) is 0. The van der Waals surface area contributed by atoms with Gasteiger partial charge in [0.2, 0.25) is 0 Å². The predicted octanol–water partition coefficient (Wildman–Crippen LogP) is 3.16. The van der Waals surface area contributed by atoms with Crippen molar-refractivity contribution in [1.82, 2.24) is 4.90 Å². The molecule has 0 aliphatic rings. The molecule has 0 heterocycles. The zero-order valence-corrected chi connectivity index (χ0v) is 12.5. The number of rotatable bonds is 9. The number of carbonyl (C=O) groups excluding carboxylic acids is 2. The largest absolute Gasteiger partial charge is 0.464 e. The summed E-state index contributed by atoms with van der Waals surface area (Å²) in [5.74, 6) is -9.04. The highest BCUT2D eigenvalue weighted by molar-refractivity contribution is 5.87. The first kappa shape index (κ1) is 20.6. The van der Waals surface area contributed by atoms with E-state index in [0.29, 0.717) is 13.5 Å². The molecule has 0 unspecified atom stereocenters. The summed E-state index contributed by atoms with van der Waals surface area (Å²) in [5.41, 5.74) is 0. The number of carbonyl (C=O) groups is 2. The van der Waals surface area contributed by atoms with Gasteiger partial charge in [-0.25, -0.2) is 0 Å². The van der Waals surface area contributed by atoms with Crippen LogP contribution in [-0.2, 0) is 14.3 Å². The molecule has 0 aromatic rings. The molecule has 0 atom stereocenters. The smallest absolute Gasteiger partial charge is 0.463 e. The molecule has 9 heteroatoms. The maximum Gasteiger partial charge on any atom is 0.463 e. The minimum atomic E-state index is -6.00. The first-order valence-corrected chi connectivity index (χ1v) is 6.89. The average Bonchev–Trinajstić information content (AvgIpc) is 2.40. The number of halogens is 5. The molecular formula is C13H20F5NO3. The summed E-state index contributed by atoms with van der Waals surface area (Å²) >= 11 is 0. The summed E-state index contributed by atoms with van der Waals surface area (Å²) in [6, 6.07) is 0. The number of alkyl halides is 5. The normalized spacial score (nSPS) is 12.1. The lowest BCUT2D eigenvalue weighted by molar-refractivity contribution is -0.274. The second kappa shape index (κ2) is 8.89. The molecule has 1 amide bonds. The number of ether oxygens (including phenoxy) is 1. The Morgan fingerprint density at radius 3 is 2.05 bits per heavy atom. The van der Waals surface area contributed by atoms with E-state index >= 15 is 0 Å². The van der Waals surface area contributed by atoms with Crippen LogP contribution >= 0.6 is 0 Å². The summed E-state index contributed by atoms with van der Waals surface area (Å²) in [6.07, 6.45) is -1.56. The molecule has 22 heavy (non-hydrogen) atoms. The number of esters is 1. The maximum atomic E-state index is 12.8. The second-order valence-corrected chi connectivity index (χ2v) is 4.87. The Balaban J connectivity index is 4.17. The summed E-state index contributed by atoms with van der Waals surface area (Å²) < 4.78 is 66.3. The van der Waals surface area contributed by atoms with Crippen molar-refractivity contribution in [2.45, 2.75) is 51.1 Å². The highest BCUT2D eigenvalue weighted by atomic mass is 19.4. The fourth-order valence-electron chi connectivity index (χ4n) is 1.56. The molecule has 0 saturated heterocycles. The average molecular weight is 333 g/mol. The van der Waals surface area contributed by atoms with Gasteiger partial charge in [0.1, 0.15) is 6.54 Å². The highest BCUT2D eigenvalue weighted by Gasteiger charge is 2.64. The molecule has 0 aliphatic carbocycles. The fourth-order valence-corrected chi connectivity index (χ4v) is 1.56. The molecule has 0 aliphatic heterocycles. The van der Waals surface area contributed by atoms with Gasteiger partial charge in [-0.15, -0.1) is 0 Å². The zero-order chi connectivity index (χ0) is 17.4. The van der Waals surface area contributed by atoms with Crippen molar-refractivity contribution in [2.24, 2.45) is 0 Å². The van der Waals surface area contributed by atoms with Crippen molar-refractivity contribution in [3.05, 3.63) is 0 Å². The zero-order valence-electron chi connectivity index (χ0n) is 12.5. The standard InChI is InChI=1S/C13H20F5NO3/c1-3-4-5-6-7-8-22-10(20)9-19(2)11(21)12(14,15)13(16,17)18/h3-9H2,1-2H3. The van der Waals surface area contributed by atoms with E-state index in [1.165, 1.54) is 0 Å². The van der Waals surface area contributed by atoms with Crippen LogP contribution in [0.15, 0.2) is 0 Å². The van der Waals surface area contributed by atoms with Crippen molar-refractivity contribution in [2.75, 3.05) is 20.2 Å². The van der Waals surface area contributed by atoms with Crippen molar-refractivity contribution in [1.29, 1.82) is 0 Å². The lowest BCUT2D eigenvalue weighted by Crippen LogP contribution is -2.52. The van der Waals surface area contributed by atoms with Crippen LogP contribution < -0.4 is 0 Å². The number of likely N-dealkylation sites (N-methyl/N-ethyl adjacent to an activating group) is 1. The number of amides is 1. The van der Waals surface area contributed by atoms with Gasteiger partial charge in [0.25, 0.3) is 0 Å². The second-order valence-electron chi connectivity index (χ2n) is 4.87. The topological polar surface area (TPSA) is 46.6 Å². The minimum absolute atomic E-state index is 0.00685. The fraction of sp³-hybridized carbons (Fsp3) is 0.846. The minimum Gasteiger partial charge on any atom is -0.464 e. The van der Waals surface area contributed by atoms with E-state index in [1.54, 1.807) is 0 Å². The third kappa shape index (κ3) is 6.57. The van der Waals surface area contributed by atoms with Crippen LogP contribution in [0.1, 0.15) is 39.0 Å². The van der Waals surface area contributed by atoms with Gasteiger partial charge >= 0.3 is 24.0 Å². The molecule has 0 N–H and O–H groups in total. The van der Waals surface area contributed by atoms with Gasteiger partial charge in [-0.1, -0.05) is 32.6 Å². The number of nitrogens with zero attached hydrogens (tertiary/aromatic N) is 1. The van der Waals surface area contributed by atoms with Gasteiger partial charge in [0.05, 0.1) is 6.61 Å². The van der Waals surface area contributed by atoms with Gasteiger partial charge in [-0.2, -0.15) is 22.0 Å².